The van der Waals surface area contributed by atoms with Crippen molar-refractivity contribution in [3.8, 4) is 0 Å². The van der Waals surface area contributed by atoms with Crippen LogP contribution in [0.3, 0.4) is 0 Å². The Bertz CT molecular complexity index is 947. The van der Waals surface area contributed by atoms with Gasteiger partial charge in [0.2, 0.25) is 17.7 Å². The molecular weight excluding hydrogens is 446 g/mol. The molecule has 0 aromatic heterocycles. The van der Waals surface area contributed by atoms with E-state index in [1.165, 1.54) is 0 Å². The fourth-order valence-corrected chi connectivity index (χ4v) is 3.71. The molecule has 0 spiro atoms. The molecule has 0 bridgehead atoms. The number of nitrogens with zero attached hydrogens (tertiary/aromatic N) is 1. The van der Waals surface area contributed by atoms with Gasteiger partial charge in [-0.3, -0.25) is 14.4 Å². The predicted molar refractivity (Wildman–Crippen MR) is 121 cm³/mol. The van der Waals surface area contributed by atoms with Crippen LogP contribution in [0.1, 0.15) is 32.3 Å². The van der Waals surface area contributed by atoms with Crippen molar-refractivity contribution in [1.29, 1.82) is 0 Å². The number of benzene rings is 2. The number of carbonyl (C=O) groups excluding carboxylic acids is 3. The van der Waals surface area contributed by atoms with Gasteiger partial charge in [-0.25, -0.2) is 0 Å². The summed E-state index contributed by atoms with van der Waals surface area (Å²) >= 11 is 3.41. The zero-order chi connectivity index (χ0) is 21.7. The fraction of sp³-hybridized carbons (Fsp3) is 0.348. The first-order valence-electron chi connectivity index (χ1n) is 10.1. The Morgan fingerprint density at radius 1 is 1.20 bits per heavy atom. The second-order valence-electron chi connectivity index (χ2n) is 7.60. The molecule has 0 radical (unpaired) electrons. The highest BCUT2D eigenvalue weighted by Crippen LogP contribution is 2.27. The van der Waals surface area contributed by atoms with Gasteiger partial charge in [0.1, 0.15) is 0 Å². The molecule has 6 nitrogen and oxygen atoms in total. The second kappa shape index (κ2) is 9.89. The molecule has 2 atom stereocenters. The minimum Gasteiger partial charge on any atom is -0.352 e. The Hall–Kier alpha value is -2.67. The Morgan fingerprint density at radius 3 is 2.70 bits per heavy atom. The van der Waals surface area contributed by atoms with Crippen LogP contribution >= 0.6 is 15.9 Å². The number of hydrogen-bond donors (Lipinski definition) is 2. The molecule has 1 aliphatic heterocycles. The van der Waals surface area contributed by atoms with Gasteiger partial charge in [0.25, 0.3) is 0 Å². The van der Waals surface area contributed by atoms with Gasteiger partial charge >= 0.3 is 0 Å². The average Bonchev–Trinajstić information content (AvgIpc) is 3.13. The maximum Gasteiger partial charge on any atom is 0.227 e. The lowest BCUT2D eigenvalue weighted by molar-refractivity contribution is -0.126. The monoisotopic (exact) mass is 471 g/mol. The largest absolute Gasteiger partial charge is 0.352 e. The highest BCUT2D eigenvalue weighted by Gasteiger charge is 2.35. The van der Waals surface area contributed by atoms with Crippen LogP contribution in [0, 0.1) is 11.8 Å². The number of halogens is 1. The van der Waals surface area contributed by atoms with Crippen LogP contribution in [-0.4, -0.2) is 24.3 Å². The van der Waals surface area contributed by atoms with E-state index in [4.69, 9.17) is 0 Å². The summed E-state index contributed by atoms with van der Waals surface area (Å²) in [5, 5.41) is 5.82. The van der Waals surface area contributed by atoms with Crippen LogP contribution in [0.5, 0.6) is 0 Å². The molecular formula is C23H26BrN3O3. The van der Waals surface area contributed by atoms with Crippen LogP contribution in [0.25, 0.3) is 0 Å². The van der Waals surface area contributed by atoms with E-state index in [1.54, 1.807) is 4.90 Å². The first-order valence-corrected chi connectivity index (χ1v) is 10.9. The number of carbonyl (C=O) groups is 3. The van der Waals surface area contributed by atoms with Crippen molar-refractivity contribution < 1.29 is 14.4 Å². The van der Waals surface area contributed by atoms with Gasteiger partial charge in [0, 0.05) is 41.3 Å². The van der Waals surface area contributed by atoms with Gasteiger partial charge in [-0.1, -0.05) is 48.0 Å². The summed E-state index contributed by atoms with van der Waals surface area (Å²) in [5.74, 6) is -0.653. The van der Waals surface area contributed by atoms with E-state index in [1.807, 2.05) is 62.4 Å². The van der Waals surface area contributed by atoms with Gasteiger partial charge in [-0.2, -0.15) is 0 Å². The lowest BCUT2D eigenvalue weighted by atomic mass is 10.1. The van der Waals surface area contributed by atoms with E-state index in [2.05, 4.69) is 26.6 Å². The Balaban J connectivity index is 1.56. The van der Waals surface area contributed by atoms with Gasteiger partial charge in [0.15, 0.2) is 0 Å². The molecule has 1 heterocycles. The molecule has 0 aliphatic carbocycles. The van der Waals surface area contributed by atoms with Crippen LogP contribution in [0.2, 0.25) is 0 Å². The molecule has 1 fully saturated rings. The molecule has 158 valence electrons. The van der Waals surface area contributed by atoms with E-state index >= 15 is 0 Å². The van der Waals surface area contributed by atoms with Crippen LogP contribution in [-0.2, 0) is 20.9 Å². The lowest BCUT2D eigenvalue weighted by Crippen LogP contribution is -2.32. The van der Waals surface area contributed by atoms with Crippen molar-refractivity contribution >= 4 is 45.0 Å². The molecule has 30 heavy (non-hydrogen) atoms. The third kappa shape index (κ3) is 5.48. The van der Waals surface area contributed by atoms with Crippen molar-refractivity contribution in [1.82, 2.24) is 5.32 Å². The first kappa shape index (κ1) is 22.0. The van der Waals surface area contributed by atoms with E-state index in [9.17, 15) is 14.4 Å². The van der Waals surface area contributed by atoms with Crippen LogP contribution in [0.4, 0.5) is 11.4 Å². The molecule has 2 aromatic carbocycles. The predicted octanol–water partition coefficient (Wildman–Crippen LogP) is 4.10. The Morgan fingerprint density at radius 2 is 1.97 bits per heavy atom. The topological polar surface area (TPSA) is 78.5 Å². The minimum absolute atomic E-state index is 0.0178. The molecule has 1 aliphatic rings. The maximum absolute atomic E-state index is 12.6. The van der Waals surface area contributed by atoms with Gasteiger partial charge in [0.05, 0.1) is 5.92 Å². The molecule has 2 unspecified atom stereocenters. The quantitative estimate of drug-likeness (QED) is 0.637. The molecule has 2 aromatic rings. The molecule has 1 saturated heterocycles. The fourth-order valence-electron chi connectivity index (χ4n) is 3.32. The van der Waals surface area contributed by atoms with Gasteiger partial charge in [-0.15, -0.1) is 0 Å². The van der Waals surface area contributed by atoms with Crippen molar-refractivity contribution in [2.24, 2.45) is 11.8 Å². The summed E-state index contributed by atoms with van der Waals surface area (Å²) < 4.78 is 0.890. The SMILES string of the molecule is CCC(C)C(=O)Nc1cccc(CNC(=O)C2CC(=O)N(c3cccc(Br)c3)C2)c1. The average molecular weight is 472 g/mol. The van der Waals surface area contributed by atoms with Gasteiger partial charge in [-0.05, 0) is 42.3 Å². The second-order valence-corrected chi connectivity index (χ2v) is 8.52. The van der Waals surface area contributed by atoms with Crippen molar-refractivity contribution in [3.63, 3.8) is 0 Å². The van der Waals surface area contributed by atoms with E-state index in [0.29, 0.717) is 18.8 Å². The summed E-state index contributed by atoms with van der Waals surface area (Å²) in [6.07, 6.45) is 0.974. The third-order valence-electron chi connectivity index (χ3n) is 5.34. The zero-order valence-electron chi connectivity index (χ0n) is 17.2. The molecule has 2 N–H and O–H groups in total. The lowest BCUT2D eigenvalue weighted by Gasteiger charge is -2.17. The number of anilines is 2. The number of nitrogens with one attached hydrogen (secondary N) is 2. The number of rotatable bonds is 7. The molecule has 3 rings (SSSR count). The molecule has 3 amide bonds. The normalized spacial score (nSPS) is 17.0. The van der Waals surface area contributed by atoms with E-state index < -0.39 is 0 Å². The van der Waals surface area contributed by atoms with Crippen molar-refractivity contribution in [2.75, 3.05) is 16.8 Å². The summed E-state index contributed by atoms with van der Waals surface area (Å²) in [6.45, 7) is 4.57. The van der Waals surface area contributed by atoms with E-state index in [-0.39, 0.29) is 36.0 Å². The van der Waals surface area contributed by atoms with Crippen molar-refractivity contribution in [2.45, 2.75) is 33.2 Å². The maximum atomic E-state index is 12.6. The number of amides is 3. The highest BCUT2D eigenvalue weighted by molar-refractivity contribution is 9.10. The Kier molecular flexibility index (Phi) is 7.26. The summed E-state index contributed by atoms with van der Waals surface area (Å²) in [6, 6.07) is 14.9. The molecule has 0 saturated carbocycles. The summed E-state index contributed by atoms with van der Waals surface area (Å²) in [4.78, 5) is 38.7. The van der Waals surface area contributed by atoms with Crippen molar-refractivity contribution in [3.05, 3.63) is 58.6 Å². The van der Waals surface area contributed by atoms with E-state index in [0.717, 1.165) is 22.1 Å². The Labute approximate surface area is 185 Å². The number of hydrogen-bond acceptors (Lipinski definition) is 3. The summed E-state index contributed by atoms with van der Waals surface area (Å²) in [5.41, 5.74) is 2.39. The molecule has 7 heteroatoms. The van der Waals surface area contributed by atoms with Crippen LogP contribution < -0.4 is 15.5 Å². The van der Waals surface area contributed by atoms with Gasteiger partial charge < -0.3 is 15.5 Å². The zero-order valence-corrected chi connectivity index (χ0v) is 18.7. The first-order chi connectivity index (χ1) is 14.4. The summed E-state index contributed by atoms with van der Waals surface area (Å²) in [7, 11) is 0. The smallest absolute Gasteiger partial charge is 0.227 e. The standard InChI is InChI=1S/C23H26BrN3O3/c1-3-15(2)22(29)26-19-8-4-6-16(10-19)13-25-23(30)17-11-21(28)27(14-17)20-9-5-7-18(24)12-20/h4-10,12,15,17H,3,11,13-14H2,1-2H3,(H,25,30)(H,26,29). The third-order valence-corrected chi connectivity index (χ3v) is 5.83. The van der Waals surface area contributed by atoms with Crippen LogP contribution in [0.15, 0.2) is 53.0 Å². The minimum atomic E-state index is -0.384. The highest BCUT2D eigenvalue weighted by atomic mass is 79.9.